The van der Waals surface area contributed by atoms with Crippen LogP contribution in [0.2, 0.25) is 0 Å². The zero-order valence-corrected chi connectivity index (χ0v) is 18.2. The summed E-state index contributed by atoms with van der Waals surface area (Å²) in [5.74, 6) is 0.464. The van der Waals surface area contributed by atoms with Gasteiger partial charge in [0, 0.05) is 18.5 Å². The molecule has 0 aliphatic carbocycles. The molecule has 0 saturated carbocycles. The molecule has 8 heteroatoms. The number of fused-ring (bicyclic) bond motifs is 1. The first-order valence-corrected chi connectivity index (χ1v) is 10.5. The molecule has 1 amide bonds. The Morgan fingerprint density at radius 2 is 1.77 bits per heavy atom. The van der Waals surface area contributed by atoms with Crippen LogP contribution in [0.3, 0.4) is 0 Å². The van der Waals surface area contributed by atoms with E-state index in [1.54, 1.807) is 30.5 Å². The molecule has 3 heterocycles. The molecule has 1 fully saturated rings. The quantitative estimate of drug-likeness (QED) is 0.696. The molecule has 2 atom stereocenters. The van der Waals surface area contributed by atoms with Crippen molar-refractivity contribution in [2.24, 2.45) is 0 Å². The van der Waals surface area contributed by atoms with Gasteiger partial charge in [-0.2, -0.15) is 5.10 Å². The van der Waals surface area contributed by atoms with E-state index in [1.807, 2.05) is 39.8 Å². The van der Waals surface area contributed by atoms with Crippen molar-refractivity contribution in [2.45, 2.75) is 45.9 Å². The van der Waals surface area contributed by atoms with Crippen LogP contribution in [0.1, 0.15) is 44.2 Å². The van der Waals surface area contributed by atoms with Crippen molar-refractivity contribution < 1.29 is 9.53 Å². The number of rotatable bonds is 4. The highest BCUT2D eigenvalue weighted by atomic mass is 16.5. The predicted octanol–water partition coefficient (Wildman–Crippen LogP) is 3.24. The van der Waals surface area contributed by atoms with E-state index in [0.717, 1.165) is 18.9 Å². The normalized spacial score (nSPS) is 19.1. The Hall–Kier alpha value is -3.26. The van der Waals surface area contributed by atoms with Gasteiger partial charge in [0.15, 0.2) is 5.69 Å². The van der Waals surface area contributed by atoms with E-state index in [4.69, 9.17) is 4.74 Å². The number of aromatic nitrogens is 3. The molecule has 1 aliphatic heterocycles. The molecule has 8 nitrogen and oxygen atoms in total. The molecule has 0 radical (unpaired) electrons. The third kappa shape index (κ3) is 4.29. The molecule has 2 unspecified atom stereocenters. The first-order valence-electron chi connectivity index (χ1n) is 10.5. The summed E-state index contributed by atoms with van der Waals surface area (Å²) >= 11 is 0. The van der Waals surface area contributed by atoms with Gasteiger partial charge in [-0.15, -0.1) is 0 Å². The molecule has 0 spiro atoms. The van der Waals surface area contributed by atoms with Crippen LogP contribution in [0.4, 0.5) is 11.5 Å². The second-order valence-electron chi connectivity index (χ2n) is 8.26. The third-order valence-corrected chi connectivity index (χ3v) is 5.28. The molecule has 2 aromatic heterocycles. The van der Waals surface area contributed by atoms with Crippen molar-refractivity contribution in [3.63, 3.8) is 0 Å². The summed E-state index contributed by atoms with van der Waals surface area (Å²) in [4.78, 5) is 32.4. The number of nitrogens with zero attached hydrogens (tertiary/aromatic N) is 4. The monoisotopic (exact) mass is 421 g/mol. The van der Waals surface area contributed by atoms with Crippen LogP contribution in [0.15, 0.2) is 47.4 Å². The standard InChI is InChI=1S/C23H27N5O3/c1-14(2)28-23(30)19-8-6-5-7-18(19)21(26-28)22(29)25-17-9-10-20(24-11-17)27-12-15(3)31-16(4)13-27/h5-11,14-16H,12-13H2,1-4H3,(H,25,29). The van der Waals surface area contributed by atoms with Gasteiger partial charge in [0.1, 0.15) is 5.82 Å². The summed E-state index contributed by atoms with van der Waals surface area (Å²) in [6, 6.07) is 10.6. The summed E-state index contributed by atoms with van der Waals surface area (Å²) in [5, 5.41) is 8.22. The lowest BCUT2D eigenvalue weighted by Crippen LogP contribution is -2.45. The van der Waals surface area contributed by atoms with Crippen LogP contribution >= 0.6 is 0 Å². The number of morpholine rings is 1. The van der Waals surface area contributed by atoms with Crippen molar-refractivity contribution in [1.82, 2.24) is 14.8 Å². The van der Waals surface area contributed by atoms with Crippen LogP contribution in [0.25, 0.3) is 10.8 Å². The SMILES string of the molecule is CC1CN(c2ccc(NC(=O)c3nn(C(C)C)c(=O)c4ccccc34)cn2)CC(C)O1. The van der Waals surface area contributed by atoms with Gasteiger partial charge in [0.05, 0.1) is 35.5 Å². The Kier molecular flexibility index (Phi) is 5.73. The Labute approximate surface area is 180 Å². The summed E-state index contributed by atoms with van der Waals surface area (Å²) in [5.41, 5.74) is 0.572. The van der Waals surface area contributed by atoms with Gasteiger partial charge in [-0.05, 0) is 45.9 Å². The number of benzene rings is 1. The Balaban J connectivity index is 1.59. The van der Waals surface area contributed by atoms with E-state index >= 15 is 0 Å². The maximum absolute atomic E-state index is 13.0. The van der Waals surface area contributed by atoms with Gasteiger partial charge in [-0.25, -0.2) is 9.67 Å². The van der Waals surface area contributed by atoms with Gasteiger partial charge in [0.25, 0.3) is 11.5 Å². The molecule has 162 valence electrons. The van der Waals surface area contributed by atoms with E-state index in [0.29, 0.717) is 16.5 Å². The zero-order valence-electron chi connectivity index (χ0n) is 18.2. The van der Waals surface area contributed by atoms with E-state index in [1.165, 1.54) is 4.68 Å². The molecule has 1 N–H and O–H groups in total. The fraction of sp³-hybridized carbons (Fsp3) is 0.391. The molecule has 1 aromatic carbocycles. The number of amides is 1. The van der Waals surface area contributed by atoms with Crippen molar-refractivity contribution in [1.29, 1.82) is 0 Å². The van der Waals surface area contributed by atoms with Crippen molar-refractivity contribution in [3.8, 4) is 0 Å². The number of anilines is 2. The van der Waals surface area contributed by atoms with Crippen molar-refractivity contribution in [3.05, 3.63) is 58.6 Å². The average molecular weight is 422 g/mol. The lowest BCUT2D eigenvalue weighted by Gasteiger charge is -2.36. The van der Waals surface area contributed by atoms with Crippen LogP contribution in [0.5, 0.6) is 0 Å². The predicted molar refractivity (Wildman–Crippen MR) is 121 cm³/mol. The van der Waals surface area contributed by atoms with E-state index in [2.05, 4.69) is 20.3 Å². The summed E-state index contributed by atoms with van der Waals surface area (Å²) in [6.07, 6.45) is 1.92. The number of ether oxygens (including phenoxy) is 1. The first-order chi connectivity index (χ1) is 14.8. The lowest BCUT2D eigenvalue weighted by atomic mass is 10.1. The van der Waals surface area contributed by atoms with E-state index in [-0.39, 0.29) is 35.4 Å². The second kappa shape index (κ2) is 8.47. The van der Waals surface area contributed by atoms with Crippen LogP contribution in [0, 0.1) is 0 Å². The number of hydrogen-bond acceptors (Lipinski definition) is 6. The second-order valence-corrected chi connectivity index (χ2v) is 8.26. The van der Waals surface area contributed by atoms with E-state index in [9.17, 15) is 9.59 Å². The molecule has 1 aliphatic rings. The maximum Gasteiger partial charge on any atom is 0.276 e. The van der Waals surface area contributed by atoms with Crippen molar-refractivity contribution >= 4 is 28.2 Å². The molecule has 3 aromatic rings. The number of carbonyl (C=O) groups is 1. The van der Waals surface area contributed by atoms with Gasteiger partial charge in [-0.1, -0.05) is 18.2 Å². The largest absolute Gasteiger partial charge is 0.372 e. The first kappa shape index (κ1) is 21.0. The van der Waals surface area contributed by atoms with Gasteiger partial charge in [0.2, 0.25) is 0 Å². The Morgan fingerprint density at radius 3 is 2.39 bits per heavy atom. The molecular weight excluding hydrogens is 394 g/mol. The van der Waals surface area contributed by atoms with Crippen LogP contribution in [-0.4, -0.2) is 46.0 Å². The number of pyridine rings is 1. The minimum Gasteiger partial charge on any atom is -0.372 e. The number of hydrogen-bond donors (Lipinski definition) is 1. The molecule has 1 saturated heterocycles. The minimum atomic E-state index is -0.381. The highest BCUT2D eigenvalue weighted by molar-refractivity contribution is 6.11. The minimum absolute atomic E-state index is 0.140. The molecule has 4 rings (SSSR count). The number of carbonyl (C=O) groups excluding carboxylic acids is 1. The lowest BCUT2D eigenvalue weighted by molar-refractivity contribution is -0.00545. The van der Waals surface area contributed by atoms with Gasteiger partial charge < -0.3 is 15.0 Å². The highest BCUT2D eigenvalue weighted by Crippen LogP contribution is 2.21. The van der Waals surface area contributed by atoms with Gasteiger partial charge in [-0.3, -0.25) is 9.59 Å². The van der Waals surface area contributed by atoms with E-state index < -0.39 is 0 Å². The van der Waals surface area contributed by atoms with Crippen LogP contribution < -0.4 is 15.8 Å². The fourth-order valence-corrected chi connectivity index (χ4v) is 3.93. The molecular formula is C23H27N5O3. The Bertz CT molecular complexity index is 1150. The fourth-order valence-electron chi connectivity index (χ4n) is 3.93. The maximum atomic E-state index is 13.0. The summed E-state index contributed by atoms with van der Waals surface area (Å²) in [6.45, 7) is 9.36. The van der Waals surface area contributed by atoms with Crippen LogP contribution in [-0.2, 0) is 4.74 Å². The highest BCUT2D eigenvalue weighted by Gasteiger charge is 2.23. The zero-order chi connectivity index (χ0) is 22.1. The third-order valence-electron chi connectivity index (χ3n) is 5.28. The molecule has 31 heavy (non-hydrogen) atoms. The number of nitrogens with one attached hydrogen (secondary N) is 1. The van der Waals surface area contributed by atoms with Gasteiger partial charge >= 0.3 is 0 Å². The molecule has 0 bridgehead atoms. The Morgan fingerprint density at radius 1 is 1.10 bits per heavy atom. The topological polar surface area (TPSA) is 89.4 Å². The summed E-state index contributed by atoms with van der Waals surface area (Å²) in [7, 11) is 0. The van der Waals surface area contributed by atoms with Crippen molar-refractivity contribution in [2.75, 3.05) is 23.3 Å². The summed E-state index contributed by atoms with van der Waals surface area (Å²) < 4.78 is 7.12. The average Bonchev–Trinajstić information content (AvgIpc) is 2.73. The smallest absolute Gasteiger partial charge is 0.276 e.